The predicted molar refractivity (Wildman–Crippen MR) is 84.7 cm³/mol. The minimum absolute atomic E-state index is 0.0941. The van der Waals surface area contributed by atoms with Gasteiger partial charge in [0.2, 0.25) is 0 Å². The number of allylic oxidation sites excluding steroid dienone is 1. The molecule has 116 valence electrons. The monoisotopic (exact) mass is 280 g/mol. The molecule has 0 amide bonds. The van der Waals surface area contributed by atoms with Crippen molar-refractivity contribution in [3.63, 3.8) is 0 Å². The number of ether oxygens (including phenoxy) is 1. The summed E-state index contributed by atoms with van der Waals surface area (Å²) in [5, 5.41) is 0. The van der Waals surface area contributed by atoms with Crippen LogP contribution in [0.4, 0.5) is 0 Å². The lowest BCUT2D eigenvalue weighted by Crippen LogP contribution is -2.12. The molecule has 0 radical (unpaired) electrons. The molecule has 0 bridgehead atoms. The van der Waals surface area contributed by atoms with Crippen LogP contribution in [0.25, 0.3) is 0 Å². The molecule has 1 aliphatic carbocycles. The fraction of sp³-hybridized carbons (Fsp3) is 0.833. The van der Waals surface area contributed by atoms with Crippen LogP contribution >= 0.6 is 0 Å². The lowest BCUT2D eigenvalue weighted by molar-refractivity contribution is -0.133. The van der Waals surface area contributed by atoms with Crippen LogP contribution in [0.15, 0.2) is 11.6 Å². The second kappa shape index (κ2) is 12.0. The molecule has 2 heteroatoms. The molecule has 0 spiro atoms. The van der Waals surface area contributed by atoms with E-state index in [0.29, 0.717) is 6.47 Å². The Morgan fingerprint density at radius 1 is 0.950 bits per heavy atom. The van der Waals surface area contributed by atoms with Crippen molar-refractivity contribution in [3.05, 3.63) is 11.6 Å². The number of hydrogen-bond donors (Lipinski definition) is 0. The van der Waals surface area contributed by atoms with Crippen LogP contribution in [0.3, 0.4) is 0 Å². The quantitative estimate of drug-likeness (QED) is 0.489. The Morgan fingerprint density at radius 3 is 2.10 bits per heavy atom. The summed E-state index contributed by atoms with van der Waals surface area (Å²) in [5.74, 6) is 0. The van der Waals surface area contributed by atoms with E-state index in [0.717, 1.165) is 12.8 Å². The maximum atomic E-state index is 10.6. The number of carbonyl (C=O) groups is 1. The van der Waals surface area contributed by atoms with Crippen molar-refractivity contribution in [2.45, 2.75) is 96.5 Å². The summed E-state index contributed by atoms with van der Waals surface area (Å²) in [6.07, 6.45) is 19.0. The first-order valence-electron chi connectivity index (χ1n) is 8.57. The molecule has 2 nitrogen and oxygen atoms in total. The SMILES string of the molecule is C/C1=C\CCCCCCCCCCCCC(OC=O)C1. The first-order valence-corrected chi connectivity index (χ1v) is 8.57. The van der Waals surface area contributed by atoms with Gasteiger partial charge in [-0.05, 0) is 32.6 Å². The normalized spacial score (nSPS) is 27.2. The lowest BCUT2D eigenvalue weighted by Gasteiger charge is -2.15. The van der Waals surface area contributed by atoms with Gasteiger partial charge >= 0.3 is 0 Å². The molecule has 0 aromatic heterocycles. The summed E-state index contributed by atoms with van der Waals surface area (Å²) in [5.41, 5.74) is 1.38. The van der Waals surface area contributed by atoms with Crippen molar-refractivity contribution in [3.8, 4) is 0 Å². The molecular weight excluding hydrogens is 248 g/mol. The van der Waals surface area contributed by atoms with E-state index in [1.54, 1.807) is 0 Å². The highest BCUT2D eigenvalue weighted by molar-refractivity contribution is 5.37. The molecule has 1 unspecified atom stereocenters. The Kier molecular flexibility index (Phi) is 10.3. The summed E-state index contributed by atoms with van der Waals surface area (Å²) in [7, 11) is 0. The Hall–Kier alpha value is -0.790. The Morgan fingerprint density at radius 2 is 1.50 bits per heavy atom. The van der Waals surface area contributed by atoms with E-state index in [9.17, 15) is 4.79 Å². The van der Waals surface area contributed by atoms with Gasteiger partial charge in [-0.15, -0.1) is 0 Å². The van der Waals surface area contributed by atoms with E-state index < -0.39 is 0 Å². The second-order valence-corrected chi connectivity index (χ2v) is 6.22. The predicted octanol–water partition coefficient (Wildman–Crippen LogP) is 5.56. The highest BCUT2D eigenvalue weighted by Crippen LogP contribution is 2.18. The smallest absolute Gasteiger partial charge is 0.293 e. The number of carbonyl (C=O) groups excluding carboxylic acids is 1. The van der Waals surface area contributed by atoms with E-state index in [-0.39, 0.29) is 6.10 Å². The van der Waals surface area contributed by atoms with Gasteiger partial charge < -0.3 is 4.74 Å². The zero-order valence-electron chi connectivity index (χ0n) is 13.2. The highest BCUT2D eigenvalue weighted by Gasteiger charge is 2.10. The summed E-state index contributed by atoms with van der Waals surface area (Å²) >= 11 is 0. The maximum Gasteiger partial charge on any atom is 0.293 e. The fourth-order valence-corrected chi connectivity index (χ4v) is 3.02. The van der Waals surface area contributed by atoms with Gasteiger partial charge in [0.1, 0.15) is 6.10 Å². The largest absolute Gasteiger partial charge is 0.464 e. The zero-order valence-corrected chi connectivity index (χ0v) is 13.2. The Balaban J connectivity index is 2.40. The molecule has 0 heterocycles. The molecule has 0 aromatic carbocycles. The average molecular weight is 280 g/mol. The van der Waals surface area contributed by atoms with E-state index in [1.807, 2.05) is 0 Å². The lowest BCUT2D eigenvalue weighted by atomic mass is 9.99. The number of rotatable bonds is 2. The summed E-state index contributed by atoms with van der Waals surface area (Å²) in [4.78, 5) is 10.6. The van der Waals surface area contributed by atoms with Gasteiger partial charge in [-0.1, -0.05) is 63.0 Å². The molecule has 1 atom stereocenters. The molecule has 20 heavy (non-hydrogen) atoms. The van der Waals surface area contributed by atoms with Crippen molar-refractivity contribution >= 4 is 6.47 Å². The van der Waals surface area contributed by atoms with Crippen molar-refractivity contribution < 1.29 is 9.53 Å². The van der Waals surface area contributed by atoms with Crippen LogP contribution in [0.5, 0.6) is 0 Å². The molecule has 0 saturated heterocycles. The molecule has 0 N–H and O–H groups in total. The second-order valence-electron chi connectivity index (χ2n) is 6.22. The first-order chi connectivity index (χ1) is 9.83. The third-order valence-electron chi connectivity index (χ3n) is 4.27. The third kappa shape index (κ3) is 9.17. The molecule has 0 aliphatic heterocycles. The molecule has 0 aromatic rings. The minimum atomic E-state index is 0.0941. The van der Waals surface area contributed by atoms with Crippen LogP contribution in [-0.2, 0) is 9.53 Å². The molecule has 0 fully saturated rings. The van der Waals surface area contributed by atoms with Gasteiger partial charge in [0.25, 0.3) is 6.47 Å². The van der Waals surface area contributed by atoms with E-state index >= 15 is 0 Å². The molecule has 0 saturated carbocycles. The fourth-order valence-electron chi connectivity index (χ4n) is 3.02. The van der Waals surface area contributed by atoms with Crippen LogP contribution in [0.1, 0.15) is 90.4 Å². The van der Waals surface area contributed by atoms with Gasteiger partial charge in [0.15, 0.2) is 0 Å². The van der Waals surface area contributed by atoms with Gasteiger partial charge in [-0.3, -0.25) is 4.79 Å². The van der Waals surface area contributed by atoms with Gasteiger partial charge in [0, 0.05) is 6.42 Å². The van der Waals surface area contributed by atoms with Gasteiger partial charge in [0.05, 0.1) is 0 Å². The molecule has 1 aliphatic rings. The summed E-state index contributed by atoms with van der Waals surface area (Å²) in [6.45, 7) is 2.79. The van der Waals surface area contributed by atoms with Crippen molar-refractivity contribution in [2.75, 3.05) is 0 Å². The third-order valence-corrected chi connectivity index (χ3v) is 4.27. The topological polar surface area (TPSA) is 26.3 Å². The molecular formula is C18H32O2. The van der Waals surface area contributed by atoms with Crippen LogP contribution < -0.4 is 0 Å². The first kappa shape index (κ1) is 17.3. The summed E-state index contributed by atoms with van der Waals surface area (Å²) < 4.78 is 5.24. The highest BCUT2D eigenvalue weighted by atomic mass is 16.5. The van der Waals surface area contributed by atoms with Crippen LogP contribution in [0, 0.1) is 0 Å². The summed E-state index contributed by atoms with van der Waals surface area (Å²) in [6, 6.07) is 0. The van der Waals surface area contributed by atoms with E-state index in [2.05, 4.69) is 13.0 Å². The zero-order chi connectivity index (χ0) is 14.5. The van der Waals surface area contributed by atoms with Crippen molar-refractivity contribution in [1.29, 1.82) is 0 Å². The Bertz CT molecular complexity index is 271. The maximum absolute atomic E-state index is 10.6. The average Bonchev–Trinajstić information content (AvgIpc) is 2.42. The molecule has 1 rings (SSSR count). The van der Waals surface area contributed by atoms with E-state index in [4.69, 9.17) is 4.74 Å². The standard InChI is InChI=1S/C18H32O2/c1-17-13-11-9-7-5-3-2-4-6-8-10-12-14-18(15-17)20-16-19/h13,16,18H,2-12,14-15H2,1H3/b17-13+. The minimum Gasteiger partial charge on any atom is -0.464 e. The Labute approximate surface area is 125 Å². The number of hydrogen-bond acceptors (Lipinski definition) is 2. The van der Waals surface area contributed by atoms with Crippen molar-refractivity contribution in [1.82, 2.24) is 0 Å². The van der Waals surface area contributed by atoms with Crippen LogP contribution in [0.2, 0.25) is 0 Å². The van der Waals surface area contributed by atoms with Crippen molar-refractivity contribution in [2.24, 2.45) is 0 Å². The van der Waals surface area contributed by atoms with Crippen LogP contribution in [-0.4, -0.2) is 12.6 Å². The van der Waals surface area contributed by atoms with E-state index in [1.165, 1.54) is 76.2 Å². The van der Waals surface area contributed by atoms with Gasteiger partial charge in [-0.2, -0.15) is 0 Å². The van der Waals surface area contributed by atoms with Gasteiger partial charge in [-0.25, -0.2) is 0 Å².